The number of nitrogens with zero attached hydrogens (tertiary/aromatic N) is 1. The van der Waals surface area contributed by atoms with Crippen LogP contribution in [0.3, 0.4) is 0 Å². The monoisotopic (exact) mass is 407 g/mol. The molecule has 2 heteroatoms. The lowest BCUT2D eigenvalue weighted by atomic mass is 9.83. The zero-order valence-electron chi connectivity index (χ0n) is 19.2. The molecular weight excluding hydrogens is 378 g/mol. The van der Waals surface area contributed by atoms with Gasteiger partial charge in [0.05, 0.1) is 5.69 Å². The molecule has 0 N–H and O–H groups in total. The molecule has 0 saturated carbocycles. The van der Waals surface area contributed by atoms with Crippen molar-refractivity contribution in [2.75, 3.05) is 0 Å². The second kappa shape index (κ2) is 6.95. The van der Waals surface area contributed by atoms with E-state index in [9.17, 15) is 0 Å². The first-order chi connectivity index (χ1) is 14.7. The first kappa shape index (κ1) is 19.8. The fourth-order valence-electron chi connectivity index (χ4n) is 4.80. The molecule has 0 bridgehead atoms. The lowest BCUT2D eigenvalue weighted by molar-refractivity contribution is 0.575. The maximum atomic E-state index is 6.06. The highest BCUT2D eigenvalue weighted by molar-refractivity contribution is 6.12. The van der Waals surface area contributed by atoms with Gasteiger partial charge in [0.25, 0.3) is 0 Å². The molecule has 2 nitrogen and oxygen atoms in total. The Balaban J connectivity index is 1.83. The van der Waals surface area contributed by atoms with Crippen LogP contribution in [0.4, 0.5) is 0 Å². The van der Waals surface area contributed by atoms with E-state index in [-0.39, 0.29) is 5.41 Å². The largest absolute Gasteiger partial charge is 0.461 e. The first-order valence-corrected chi connectivity index (χ1v) is 11.1. The van der Waals surface area contributed by atoms with Gasteiger partial charge in [-0.1, -0.05) is 65.0 Å². The second-order valence-electron chi connectivity index (χ2n) is 9.96. The van der Waals surface area contributed by atoms with E-state index >= 15 is 0 Å². The average Bonchev–Trinajstić information content (AvgIpc) is 3.10. The van der Waals surface area contributed by atoms with Gasteiger partial charge in [0.2, 0.25) is 0 Å². The number of aryl methyl sites for hydroxylation is 1. The third kappa shape index (κ3) is 3.22. The quantitative estimate of drug-likeness (QED) is 0.274. The lowest BCUT2D eigenvalue weighted by Crippen LogP contribution is -2.11. The summed E-state index contributed by atoms with van der Waals surface area (Å²) in [4.78, 5) is 4.84. The van der Waals surface area contributed by atoms with Crippen molar-refractivity contribution < 1.29 is 4.42 Å². The molecule has 0 aliphatic rings. The van der Waals surface area contributed by atoms with Gasteiger partial charge in [-0.15, -0.1) is 0 Å². The molecule has 0 unspecified atom stereocenters. The number of rotatable bonds is 2. The van der Waals surface area contributed by atoms with Gasteiger partial charge in [-0.05, 0) is 69.8 Å². The lowest BCUT2D eigenvalue weighted by Gasteiger charge is -2.21. The second-order valence-corrected chi connectivity index (χ2v) is 9.96. The van der Waals surface area contributed by atoms with E-state index in [4.69, 9.17) is 9.40 Å². The van der Waals surface area contributed by atoms with Gasteiger partial charge in [0.1, 0.15) is 11.3 Å². The summed E-state index contributed by atoms with van der Waals surface area (Å²) in [5.41, 5.74) is 5.74. The predicted molar refractivity (Wildman–Crippen MR) is 132 cm³/mol. The van der Waals surface area contributed by atoms with Crippen molar-refractivity contribution in [1.29, 1.82) is 0 Å². The molecule has 0 amide bonds. The van der Waals surface area contributed by atoms with Gasteiger partial charge in [-0.25, -0.2) is 0 Å². The summed E-state index contributed by atoms with van der Waals surface area (Å²) in [6.07, 6.45) is 1.94. The Kier molecular flexibility index (Phi) is 4.44. The number of aromatic nitrogens is 1. The van der Waals surface area contributed by atoms with Crippen LogP contribution >= 0.6 is 0 Å². The normalized spacial score (nSPS) is 12.5. The number of fused-ring (bicyclic) bond motifs is 4. The summed E-state index contributed by atoms with van der Waals surface area (Å²) in [6.45, 7) is 13.3. The molecule has 2 aromatic heterocycles. The number of furan rings is 1. The van der Waals surface area contributed by atoms with Crippen LogP contribution in [0.25, 0.3) is 43.8 Å². The van der Waals surface area contributed by atoms with Crippen LogP contribution in [0, 0.1) is 6.92 Å². The van der Waals surface area contributed by atoms with E-state index in [0.717, 1.165) is 22.6 Å². The van der Waals surface area contributed by atoms with E-state index in [1.807, 2.05) is 13.1 Å². The maximum absolute atomic E-state index is 6.06. The first-order valence-electron chi connectivity index (χ1n) is 11.1. The van der Waals surface area contributed by atoms with Gasteiger partial charge < -0.3 is 4.42 Å². The fraction of sp³-hybridized carbons (Fsp3) is 0.276. The Morgan fingerprint density at radius 3 is 2.29 bits per heavy atom. The zero-order chi connectivity index (χ0) is 21.9. The summed E-state index contributed by atoms with van der Waals surface area (Å²) in [6, 6.07) is 19.9. The molecule has 5 aromatic rings. The predicted octanol–water partition coefficient (Wildman–Crippen LogP) is 8.53. The topological polar surface area (TPSA) is 26.0 Å². The van der Waals surface area contributed by atoms with Crippen molar-refractivity contribution in [2.24, 2.45) is 0 Å². The maximum Gasteiger partial charge on any atom is 0.135 e. The zero-order valence-corrected chi connectivity index (χ0v) is 19.2. The average molecular weight is 408 g/mol. The molecule has 0 atom stereocenters. The molecule has 2 heterocycles. The van der Waals surface area contributed by atoms with Crippen molar-refractivity contribution in [3.05, 3.63) is 77.7 Å². The molecular formula is C29H29NO. The van der Waals surface area contributed by atoms with E-state index in [0.29, 0.717) is 5.92 Å². The highest BCUT2D eigenvalue weighted by Gasteiger charge is 2.21. The third-order valence-corrected chi connectivity index (χ3v) is 6.30. The van der Waals surface area contributed by atoms with Crippen molar-refractivity contribution >= 4 is 32.5 Å². The minimum Gasteiger partial charge on any atom is -0.461 e. The van der Waals surface area contributed by atoms with E-state index in [1.54, 1.807) is 0 Å². The molecule has 0 aliphatic heterocycles. The number of hydrogen-bond donors (Lipinski definition) is 0. The van der Waals surface area contributed by atoms with Crippen LogP contribution in [-0.4, -0.2) is 4.98 Å². The summed E-state index contributed by atoms with van der Waals surface area (Å²) in [5.74, 6) is 1.43. The number of pyridine rings is 1. The standard InChI is InChI=1S/C29H29NO/c1-17(2)20-8-7-9-21-22(20)10-11-24-23(21)12-13-30-28(24)19-15-26(29(4,5)6)25-14-18(3)31-27(25)16-19/h7-17H,1-6H3. The summed E-state index contributed by atoms with van der Waals surface area (Å²) in [5, 5.41) is 6.24. The Labute approximate surface area is 183 Å². The molecule has 3 aromatic carbocycles. The molecule has 0 radical (unpaired) electrons. The molecule has 0 aliphatic carbocycles. The molecule has 0 fully saturated rings. The van der Waals surface area contributed by atoms with E-state index in [2.05, 4.69) is 89.2 Å². The van der Waals surface area contributed by atoms with Gasteiger partial charge in [-0.3, -0.25) is 4.98 Å². The van der Waals surface area contributed by atoms with E-state index < -0.39 is 0 Å². The SMILES string of the molecule is Cc1cc2c(C(C)(C)C)cc(-c3nccc4c3ccc3c(C(C)C)cccc34)cc2o1. The molecule has 5 rings (SSSR count). The highest BCUT2D eigenvalue weighted by atomic mass is 16.3. The smallest absolute Gasteiger partial charge is 0.135 e. The van der Waals surface area contributed by atoms with Crippen molar-refractivity contribution in [3.8, 4) is 11.3 Å². The van der Waals surface area contributed by atoms with Gasteiger partial charge in [-0.2, -0.15) is 0 Å². The number of benzene rings is 3. The van der Waals surface area contributed by atoms with Crippen LogP contribution < -0.4 is 0 Å². The fourth-order valence-corrected chi connectivity index (χ4v) is 4.80. The van der Waals surface area contributed by atoms with Gasteiger partial charge in [0, 0.05) is 22.5 Å². The Morgan fingerprint density at radius 1 is 0.806 bits per heavy atom. The van der Waals surface area contributed by atoms with Gasteiger partial charge in [0.15, 0.2) is 0 Å². The molecule has 0 spiro atoms. The Hall–Kier alpha value is -3.13. The summed E-state index contributed by atoms with van der Waals surface area (Å²) < 4.78 is 6.06. The van der Waals surface area contributed by atoms with E-state index in [1.165, 1.54) is 38.1 Å². The highest BCUT2D eigenvalue weighted by Crippen LogP contribution is 2.39. The van der Waals surface area contributed by atoms with Crippen LogP contribution in [0.15, 0.2) is 65.2 Å². The van der Waals surface area contributed by atoms with Crippen LogP contribution in [0.2, 0.25) is 0 Å². The minimum absolute atomic E-state index is 0.00796. The van der Waals surface area contributed by atoms with Crippen molar-refractivity contribution in [2.45, 2.75) is 52.9 Å². The van der Waals surface area contributed by atoms with Crippen molar-refractivity contribution in [1.82, 2.24) is 4.98 Å². The summed E-state index contributed by atoms with van der Waals surface area (Å²) >= 11 is 0. The Bertz CT molecular complexity index is 1450. The van der Waals surface area contributed by atoms with Crippen molar-refractivity contribution in [3.63, 3.8) is 0 Å². The molecule has 31 heavy (non-hydrogen) atoms. The third-order valence-electron chi connectivity index (χ3n) is 6.30. The minimum atomic E-state index is 0.00796. The van der Waals surface area contributed by atoms with Gasteiger partial charge >= 0.3 is 0 Å². The van der Waals surface area contributed by atoms with Crippen LogP contribution in [-0.2, 0) is 5.41 Å². The van der Waals surface area contributed by atoms with Crippen LogP contribution in [0.1, 0.15) is 57.4 Å². The van der Waals surface area contributed by atoms with Crippen LogP contribution in [0.5, 0.6) is 0 Å². The number of hydrogen-bond acceptors (Lipinski definition) is 2. The Morgan fingerprint density at radius 2 is 1.55 bits per heavy atom. The summed E-state index contributed by atoms with van der Waals surface area (Å²) in [7, 11) is 0. The molecule has 0 saturated heterocycles. The molecule has 156 valence electrons.